The van der Waals surface area contributed by atoms with Crippen molar-refractivity contribution in [2.75, 3.05) is 18.4 Å². The molecule has 1 aliphatic heterocycles. The molecule has 4 nitrogen and oxygen atoms in total. The van der Waals surface area contributed by atoms with Gasteiger partial charge in [0, 0.05) is 24.8 Å². The number of hydrogen-bond donors (Lipinski definition) is 1. The molecule has 0 spiro atoms. The molecule has 1 atom stereocenters. The highest BCUT2D eigenvalue weighted by Crippen LogP contribution is 2.20. The number of likely N-dealkylation sites (tertiary alicyclic amines) is 1. The van der Waals surface area contributed by atoms with Crippen molar-refractivity contribution in [1.82, 2.24) is 4.90 Å². The van der Waals surface area contributed by atoms with Gasteiger partial charge in [-0.1, -0.05) is 13.0 Å². The van der Waals surface area contributed by atoms with Crippen molar-refractivity contribution in [3.63, 3.8) is 0 Å². The van der Waals surface area contributed by atoms with Crippen molar-refractivity contribution < 1.29 is 9.53 Å². The summed E-state index contributed by atoms with van der Waals surface area (Å²) in [4.78, 5) is 14.0. The highest BCUT2D eigenvalue weighted by molar-refractivity contribution is 5.89. The highest BCUT2D eigenvalue weighted by Gasteiger charge is 2.16. The molecule has 2 rings (SSSR count). The van der Waals surface area contributed by atoms with Crippen LogP contribution in [0, 0.1) is 0 Å². The van der Waals surface area contributed by atoms with Gasteiger partial charge in [-0.15, -0.1) is 0 Å². The predicted octanol–water partition coefficient (Wildman–Crippen LogP) is 3.88. The summed E-state index contributed by atoms with van der Waals surface area (Å²) in [6, 6.07) is 7.59. The molecular weight excluding hydrogens is 252 g/mol. The normalized spacial score (nSPS) is 16.6. The maximum atomic E-state index is 12.1. The molecular formula is C16H24N2O2. The number of piperidine rings is 1. The highest BCUT2D eigenvalue weighted by atomic mass is 16.5. The number of hydrogen-bond acceptors (Lipinski definition) is 2. The number of carbonyl (C=O) groups is 1. The summed E-state index contributed by atoms with van der Waals surface area (Å²) in [6.07, 6.45) is 4.57. The number of carbonyl (C=O) groups excluding carboxylic acids is 1. The van der Waals surface area contributed by atoms with Crippen LogP contribution in [-0.2, 0) is 0 Å². The fourth-order valence-corrected chi connectivity index (χ4v) is 2.26. The molecule has 20 heavy (non-hydrogen) atoms. The Kier molecular flexibility index (Phi) is 5.27. The van der Waals surface area contributed by atoms with Crippen LogP contribution in [0.1, 0.15) is 39.5 Å². The zero-order valence-corrected chi connectivity index (χ0v) is 12.4. The fourth-order valence-electron chi connectivity index (χ4n) is 2.26. The first kappa shape index (κ1) is 14.7. The van der Waals surface area contributed by atoms with Gasteiger partial charge in [-0.25, -0.2) is 4.79 Å². The molecule has 1 aromatic rings. The fraction of sp³-hybridized carbons (Fsp3) is 0.562. The number of benzene rings is 1. The van der Waals surface area contributed by atoms with Crippen LogP contribution in [0.15, 0.2) is 24.3 Å². The third-order valence-corrected chi connectivity index (χ3v) is 3.64. The number of rotatable bonds is 4. The van der Waals surface area contributed by atoms with Crippen molar-refractivity contribution in [2.45, 2.75) is 45.6 Å². The SMILES string of the molecule is CCC(C)Oc1cccc(NC(=O)N2CCCCC2)c1. The summed E-state index contributed by atoms with van der Waals surface area (Å²) in [5, 5.41) is 2.95. The molecule has 0 radical (unpaired) electrons. The standard InChI is InChI=1S/C16H24N2O2/c1-3-13(2)20-15-9-7-8-14(12-15)17-16(19)18-10-5-4-6-11-18/h7-9,12-13H,3-6,10-11H2,1-2H3,(H,17,19). The summed E-state index contributed by atoms with van der Waals surface area (Å²) in [5.41, 5.74) is 0.793. The van der Waals surface area contributed by atoms with Crippen molar-refractivity contribution in [2.24, 2.45) is 0 Å². The molecule has 0 aliphatic carbocycles. The molecule has 4 heteroatoms. The lowest BCUT2D eigenvalue weighted by Gasteiger charge is -2.26. The summed E-state index contributed by atoms with van der Waals surface area (Å²) < 4.78 is 5.77. The van der Waals surface area contributed by atoms with E-state index in [2.05, 4.69) is 12.2 Å². The van der Waals surface area contributed by atoms with E-state index in [1.54, 1.807) is 0 Å². The van der Waals surface area contributed by atoms with Crippen molar-refractivity contribution in [3.8, 4) is 5.75 Å². The van der Waals surface area contributed by atoms with Crippen LogP contribution in [0.2, 0.25) is 0 Å². The molecule has 1 fully saturated rings. The molecule has 0 bridgehead atoms. The molecule has 0 saturated carbocycles. The van der Waals surface area contributed by atoms with Gasteiger partial charge in [-0.05, 0) is 44.7 Å². The first-order chi connectivity index (χ1) is 9.69. The molecule has 1 unspecified atom stereocenters. The second kappa shape index (κ2) is 7.17. The number of nitrogens with one attached hydrogen (secondary N) is 1. The molecule has 0 aromatic heterocycles. The number of urea groups is 1. The largest absolute Gasteiger partial charge is 0.491 e. The van der Waals surface area contributed by atoms with Crippen molar-refractivity contribution in [1.29, 1.82) is 0 Å². The van der Waals surface area contributed by atoms with E-state index in [-0.39, 0.29) is 12.1 Å². The van der Waals surface area contributed by atoms with E-state index in [4.69, 9.17) is 4.74 Å². The Hall–Kier alpha value is -1.71. The Labute approximate surface area is 121 Å². The maximum absolute atomic E-state index is 12.1. The number of nitrogens with zero attached hydrogens (tertiary/aromatic N) is 1. The van der Waals surface area contributed by atoms with E-state index in [1.807, 2.05) is 36.1 Å². The molecule has 1 heterocycles. The van der Waals surface area contributed by atoms with Crippen molar-refractivity contribution >= 4 is 11.7 Å². The Morgan fingerprint density at radius 3 is 2.80 bits per heavy atom. The molecule has 1 saturated heterocycles. The second-order valence-electron chi connectivity index (χ2n) is 5.34. The van der Waals surface area contributed by atoms with Gasteiger partial charge >= 0.3 is 6.03 Å². The van der Waals surface area contributed by atoms with E-state index in [0.29, 0.717) is 0 Å². The molecule has 1 N–H and O–H groups in total. The minimum Gasteiger partial charge on any atom is -0.491 e. The third kappa shape index (κ3) is 4.15. The first-order valence-electron chi connectivity index (χ1n) is 7.51. The van der Waals surface area contributed by atoms with Crippen LogP contribution < -0.4 is 10.1 Å². The van der Waals surface area contributed by atoms with E-state index >= 15 is 0 Å². The number of ether oxygens (including phenoxy) is 1. The lowest BCUT2D eigenvalue weighted by molar-refractivity contribution is 0.200. The average Bonchev–Trinajstić information content (AvgIpc) is 2.48. The predicted molar refractivity (Wildman–Crippen MR) is 81.3 cm³/mol. The quantitative estimate of drug-likeness (QED) is 0.906. The van der Waals surface area contributed by atoms with Crippen LogP contribution in [0.25, 0.3) is 0 Å². The Morgan fingerprint density at radius 1 is 1.35 bits per heavy atom. The maximum Gasteiger partial charge on any atom is 0.321 e. The van der Waals surface area contributed by atoms with Gasteiger partial charge < -0.3 is 15.0 Å². The van der Waals surface area contributed by atoms with E-state index in [1.165, 1.54) is 6.42 Å². The van der Waals surface area contributed by atoms with Gasteiger partial charge in [-0.3, -0.25) is 0 Å². The minimum atomic E-state index is -0.00890. The third-order valence-electron chi connectivity index (χ3n) is 3.64. The van der Waals surface area contributed by atoms with E-state index < -0.39 is 0 Å². The average molecular weight is 276 g/mol. The van der Waals surface area contributed by atoms with Crippen molar-refractivity contribution in [3.05, 3.63) is 24.3 Å². The van der Waals surface area contributed by atoms with Gasteiger partial charge in [0.2, 0.25) is 0 Å². The summed E-state index contributed by atoms with van der Waals surface area (Å²) in [5.74, 6) is 0.802. The van der Waals surface area contributed by atoms with Gasteiger partial charge in [0.25, 0.3) is 0 Å². The molecule has 110 valence electrons. The summed E-state index contributed by atoms with van der Waals surface area (Å²) >= 11 is 0. The van der Waals surface area contributed by atoms with Crippen LogP contribution in [0.4, 0.5) is 10.5 Å². The molecule has 2 amide bonds. The van der Waals surface area contributed by atoms with Crippen LogP contribution in [0.5, 0.6) is 5.75 Å². The molecule has 1 aliphatic rings. The van der Waals surface area contributed by atoms with Crippen LogP contribution in [0.3, 0.4) is 0 Å². The minimum absolute atomic E-state index is 0.00890. The lowest BCUT2D eigenvalue weighted by atomic mass is 10.1. The van der Waals surface area contributed by atoms with E-state index in [0.717, 1.165) is 43.8 Å². The zero-order valence-electron chi connectivity index (χ0n) is 12.4. The van der Waals surface area contributed by atoms with Crippen LogP contribution in [-0.4, -0.2) is 30.1 Å². The Balaban J connectivity index is 1.94. The Morgan fingerprint density at radius 2 is 2.10 bits per heavy atom. The van der Waals surface area contributed by atoms with Gasteiger partial charge in [0.05, 0.1) is 6.10 Å². The van der Waals surface area contributed by atoms with E-state index in [9.17, 15) is 4.79 Å². The zero-order chi connectivity index (χ0) is 14.4. The second-order valence-corrected chi connectivity index (χ2v) is 5.34. The smallest absolute Gasteiger partial charge is 0.321 e. The Bertz CT molecular complexity index is 442. The summed E-state index contributed by atoms with van der Waals surface area (Å²) in [6.45, 7) is 5.84. The van der Waals surface area contributed by atoms with Gasteiger partial charge in [-0.2, -0.15) is 0 Å². The van der Waals surface area contributed by atoms with Gasteiger partial charge in [0.15, 0.2) is 0 Å². The number of amides is 2. The molecule has 1 aromatic carbocycles. The first-order valence-corrected chi connectivity index (χ1v) is 7.51. The van der Waals surface area contributed by atoms with Crippen LogP contribution >= 0.6 is 0 Å². The topological polar surface area (TPSA) is 41.6 Å². The number of anilines is 1. The lowest BCUT2D eigenvalue weighted by Crippen LogP contribution is -2.38. The monoisotopic (exact) mass is 276 g/mol. The summed E-state index contributed by atoms with van der Waals surface area (Å²) in [7, 11) is 0. The van der Waals surface area contributed by atoms with Gasteiger partial charge in [0.1, 0.15) is 5.75 Å².